The molecule has 0 saturated carbocycles. The Balaban J connectivity index is 1.80. The minimum absolute atomic E-state index is 0.396. The third-order valence-corrected chi connectivity index (χ3v) is 3.19. The lowest BCUT2D eigenvalue weighted by atomic mass is 10.1. The summed E-state index contributed by atoms with van der Waals surface area (Å²) < 4.78 is 0. The minimum Gasteiger partial charge on any atom is -0.368 e. The molecule has 0 amide bonds. The molecule has 2 N–H and O–H groups in total. The van der Waals surface area contributed by atoms with Crippen molar-refractivity contribution in [1.82, 2.24) is 15.0 Å². The second-order valence-corrected chi connectivity index (χ2v) is 5.24. The maximum atomic E-state index is 4.44. The van der Waals surface area contributed by atoms with E-state index in [9.17, 15) is 0 Å². The van der Waals surface area contributed by atoms with Gasteiger partial charge in [0.25, 0.3) is 0 Å². The van der Waals surface area contributed by atoms with E-state index in [0.29, 0.717) is 6.04 Å². The molecule has 0 fully saturated rings. The number of anilines is 1. The summed E-state index contributed by atoms with van der Waals surface area (Å²) in [6.45, 7) is 4.21. The zero-order chi connectivity index (χ0) is 13.9. The molecule has 0 aliphatic heterocycles. The molecule has 0 radical (unpaired) electrons. The lowest BCUT2D eigenvalue weighted by Gasteiger charge is -2.09. The van der Waals surface area contributed by atoms with Crippen LogP contribution in [0, 0.1) is 0 Å². The van der Waals surface area contributed by atoms with Crippen molar-refractivity contribution in [2.24, 2.45) is 0 Å². The summed E-state index contributed by atoms with van der Waals surface area (Å²) in [5, 5.41) is 4.47. The molecule has 4 heteroatoms. The molecule has 0 aliphatic carbocycles. The van der Waals surface area contributed by atoms with Crippen molar-refractivity contribution < 1.29 is 0 Å². The second-order valence-electron chi connectivity index (χ2n) is 5.24. The third kappa shape index (κ3) is 2.64. The number of nitrogens with one attached hydrogen (secondary N) is 2. The fourth-order valence-corrected chi connectivity index (χ4v) is 2.29. The van der Waals surface area contributed by atoms with E-state index in [-0.39, 0.29) is 0 Å². The quantitative estimate of drug-likeness (QED) is 0.761. The summed E-state index contributed by atoms with van der Waals surface area (Å²) in [4.78, 5) is 12.0. The number of hydrogen-bond acceptors (Lipinski definition) is 3. The lowest BCUT2D eigenvalue weighted by molar-refractivity contribution is 0.888. The molecular weight excluding hydrogens is 248 g/mol. The summed E-state index contributed by atoms with van der Waals surface area (Å²) in [5.74, 6) is 0.921. The van der Waals surface area contributed by atoms with Crippen molar-refractivity contribution >= 4 is 16.9 Å². The molecule has 102 valence electrons. The van der Waals surface area contributed by atoms with Gasteiger partial charge in [-0.05, 0) is 43.2 Å². The zero-order valence-electron chi connectivity index (χ0n) is 11.7. The number of pyridine rings is 2. The van der Waals surface area contributed by atoms with E-state index in [2.05, 4.69) is 46.2 Å². The van der Waals surface area contributed by atoms with E-state index in [1.54, 1.807) is 6.20 Å². The zero-order valence-corrected chi connectivity index (χ0v) is 11.7. The Morgan fingerprint density at radius 1 is 1.20 bits per heavy atom. The van der Waals surface area contributed by atoms with Gasteiger partial charge in [0.05, 0.1) is 0 Å². The molecule has 0 aliphatic rings. The standard InChI is InChI=1S/C16H18N4/c1-11(2)20-15-6-5-12(9-18-15)8-13-10-19-16-14(13)4-3-7-17-16/h3-7,9-11H,8H2,1-2H3,(H,17,19)(H,18,20). The van der Waals surface area contributed by atoms with Gasteiger partial charge in [0.1, 0.15) is 11.5 Å². The van der Waals surface area contributed by atoms with Crippen molar-refractivity contribution in [3.63, 3.8) is 0 Å². The number of hydrogen-bond donors (Lipinski definition) is 2. The van der Waals surface area contributed by atoms with E-state index < -0.39 is 0 Å². The summed E-state index contributed by atoms with van der Waals surface area (Å²) in [6, 6.07) is 8.60. The second kappa shape index (κ2) is 5.33. The van der Waals surface area contributed by atoms with E-state index in [1.165, 1.54) is 16.5 Å². The SMILES string of the molecule is CC(C)Nc1ccc(Cc2c[nH]c3ncccc23)cn1. The van der Waals surface area contributed by atoms with E-state index >= 15 is 0 Å². The fraction of sp³-hybridized carbons (Fsp3) is 0.250. The van der Waals surface area contributed by atoms with Crippen molar-refractivity contribution in [3.8, 4) is 0 Å². The molecule has 4 nitrogen and oxygen atoms in total. The summed E-state index contributed by atoms with van der Waals surface area (Å²) in [7, 11) is 0. The van der Waals surface area contributed by atoms with Crippen LogP contribution in [0.15, 0.2) is 42.9 Å². The van der Waals surface area contributed by atoms with Crippen LogP contribution in [0.1, 0.15) is 25.0 Å². The molecule has 3 heterocycles. The highest BCUT2D eigenvalue weighted by atomic mass is 15.0. The summed E-state index contributed by atoms with van der Waals surface area (Å²) in [5.41, 5.74) is 3.39. The van der Waals surface area contributed by atoms with Crippen LogP contribution in [0.4, 0.5) is 5.82 Å². The van der Waals surface area contributed by atoms with Crippen LogP contribution in [-0.4, -0.2) is 21.0 Å². The number of aromatic nitrogens is 3. The molecule has 0 atom stereocenters. The van der Waals surface area contributed by atoms with Crippen LogP contribution in [0.25, 0.3) is 11.0 Å². The number of aromatic amines is 1. The monoisotopic (exact) mass is 266 g/mol. The Hall–Kier alpha value is -2.36. The van der Waals surface area contributed by atoms with Gasteiger partial charge in [-0.1, -0.05) is 6.07 Å². The Bertz CT molecular complexity index is 698. The molecule has 3 aromatic heterocycles. The van der Waals surface area contributed by atoms with Gasteiger partial charge in [-0.15, -0.1) is 0 Å². The lowest BCUT2D eigenvalue weighted by Crippen LogP contribution is -2.10. The Kier molecular flexibility index (Phi) is 3.37. The number of nitrogens with zero attached hydrogens (tertiary/aromatic N) is 2. The van der Waals surface area contributed by atoms with Crippen molar-refractivity contribution in [2.75, 3.05) is 5.32 Å². The van der Waals surface area contributed by atoms with Crippen LogP contribution in [-0.2, 0) is 6.42 Å². The van der Waals surface area contributed by atoms with Gasteiger partial charge in [-0.2, -0.15) is 0 Å². The van der Waals surface area contributed by atoms with Crippen molar-refractivity contribution in [3.05, 3.63) is 54.0 Å². The number of H-pyrrole nitrogens is 1. The van der Waals surface area contributed by atoms with Gasteiger partial charge < -0.3 is 10.3 Å². The summed E-state index contributed by atoms with van der Waals surface area (Å²) in [6.07, 6.45) is 6.62. The predicted molar refractivity (Wildman–Crippen MR) is 81.9 cm³/mol. The van der Waals surface area contributed by atoms with Crippen LogP contribution in [0.2, 0.25) is 0 Å². The Labute approximate surface area is 118 Å². The van der Waals surface area contributed by atoms with Gasteiger partial charge in [0.15, 0.2) is 0 Å². The topological polar surface area (TPSA) is 53.6 Å². The van der Waals surface area contributed by atoms with Gasteiger partial charge in [0, 0.05) is 36.4 Å². The predicted octanol–water partition coefficient (Wildman–Crippen LogP) is 3.37. The van der Waals surface area contributed by atoms with Gasteiger partial charge in [0.2, 0.25) is 0 Å². The Morgan fingerprint density at radius 2 is 2.10 bits per heavy atom. The number of rotatable bonds is 4. The smallest absolute Gasteiger partial charge is 0.137 e. The highest BCUT2D eigenvalue weighted by Crippen LogP contribution is 2.19. The molecule has 0 spiro atoms. The normalized spacial score (nSPS) is 11.2. The molecule has 3 aromatic rings. The van der Waals surface area contributed by atoms with Gasteiger partial charge >= 0.3 is 0 Å². The first-order valence-electron chi connectivity index (χ1n) is 6.85. The molecular formula is C16H18N4. The van der Waals surface area contributed by atoms with Gasteiger partial charge in [-0.3, -0.25) is 0 Å². The van der Waals surface area contributed by atoms with Crippen LogP contribution >= 0.6 is 0 Å². The molecule has 0 aromatic carbocycles. The first-order chi connectivity index (χ1) is 9.72. The third-order valence-electron chi connectivity index (χ3n) is 3.19. The maximum absolute atomic E-state index is 4.44. The largest absolute Gasteiger partial charge is 0.368 e. The fourth-order valence-electron chi connectivity index (χ4n) is 2.29. The van der Waals surface area contributed by atoms with Gasteiger partial charge in [-0.25, -0.2) is 9.97 Å². The molecule has 0 unspecified atom stereocenters. The van der Waals surface area contributed by atoms with E-state index in [1.807, 2.05) is 24.5 Å². The highest BCUT2D eigenvalue weighted by molar-refractivity contribution is 5.79. The average Bonchev–Trinajstić information content (AvgIpc) is 2.84. The highest BCUT2D eigenvalue weighted by Gasteiger charge is 2.05. The molecule has 0 saturated heterocycles. The minimum atomic E-state index is 0.396. The molecule has 0 bridgehead atoms. The summed E-state index contributed by atoms with van der Waals surface area (Å²) >= 11 is 0. The molecule has 20 heavy (non-hydrogen) atoms. The van der Waals surface area contributed by atoms with E-state index in [4.69, 9.17) is 0 Å². The van der Waals surface area contributed by atoms with E-state index in [0.717, 1.165) is 17.9 Å². The first-order valence-corrected chi connectivity index (χ1v) is 6.85. The maximum Gasteiger partial charge on any atom is 0.137 e. The van der Waals surface area contributed by atoms with Crippen LogP contribution in [0.3, 0.4) is 0 Å². The van der Waals surface area contributed by atoms with Crippen LogP contribution in [0.5, 0.6) is 0 Å². The average molecular weight is 266 g/mol. The van der Waals surface area contributed by atoms with Crippen molar-refractivity contribution in [2.45, 2.75) is 26.3 Å². The first kappa shape index (κ1) is 12.7. The Morgan fingerprint density at radius 3 is 2.85 bits per heavy atom. The number of fused-ring (bicyclic) bond motifs is 1. The van der Waals surface area contributed by atoms with Crippen molar-refractivity contribution in [1.29, 1.82) is 0 Å². The molecule has 3 rings (SSSR count). The van der Waals surface area contributed by atoms with Crippen LogP contribution < -0.4 is 5.32 Å².